The van der Waals surface area contributed by atoms with Crippen LogP contribution in [-0.2, 0) is 6.54 Å². The molecule has 1 aromatic rings. The van der Waals surface area contributed by atoms with E-state index in [1.165, 1.54) is 0 Å². The molecular formula is C14H16NO+. The van der Waals surface area contributed by atoms with E-state index in [0.717, 1.165) is 17.7 Å². The summed E-state index contributed by atoms with van der Waals surface area (Å²) in [6, 6.07) is 7.58. The number of carbonyl (C=O) groups is 1. The summed E-state index contributed by atoms with van der Waals surface area (Å²) in [4.78, 5) is 11.1. The van der Waals surface area contributed by atoms with Crippen LogP contribution < -0.4 is 0 Å². The number of hydrogen-bond donors (Lipinski definition) is 0. The quantitative estimate of drug-likeness (QED) is 0.419. The first-order valence-electron chi connectivity index (χ1n) is 5.11. The maximum Gasteiger partial charge on any atom is 0.173 e. The molecular weight excluding hydrogens is 198 g/mol. The van der Waals surface area contributed by atoms with Gasteiger partial charge in [-0.1, -0.05) is 30.8 Å². The monoisotopic (exact) mass is 214 g/mol. The van der Waals surface area contributed by atoms with Gasteiger partial charge in [0.15, 0.2) is 24.7 Å². The Morgan fingerprint density at radius 2 is 1.94 bits per heavy atom. The van der Waals surface area contributed by atoms with Crippen LogP contribution >= 0.6 is 0 Å². The molecule has 0 unspecified atom stereocenters. The van der Waals surface area contributed by atoms with E-state index in [2.05, 4.69) is 13.2 Å². The molecule has 0 aromatic heterocycles. The van der Waals surface area contributed by atoms with Gasteiger partial charge in [-0.25, -0.2) is 4.58 Å². The molecule has 0 N–H and O–H groups in total. The number of Topliss-reactive ketones (excluding diaryl/α,β-unsaturated/α-hetero) is 1. The minimum atomic E-state index is 0.0878. The molecule has 0 heterocycles. The summed E-state index contributed by atoms with van der Waals surface area (Å²) in [5, 5.41) is 0. The van der Waals surface area contributed by atoms with Crippen molar-refractivity contribution in [1.29, 1.82) is 0 Å². The van der Waals surface area contributed by atoms with Crippen molar-refractivity contribution in [3.8, 4) is 0 Å². The van der Waals surface area contributed by atoms with E-state index in [0.29, 0.717) is 0 Å². The van der Waals surface area contributed by atoms with Crippen LogP contribution in [0.2, 0.25) is 0 Å². The van der Waals surface area contributed by atoms with Crippen molar-refractivity contribution >= 4 is 12.0 Å². The lowest BCUT2D eigenvalue weighted by Crippen LogP contribution is -2.04. The second kappa shape index (κ2) is 5.81. The van der Waals surface area contributed by atoms with E-state index in [9.17, 15) is 4.79 Å². The fourth-order valence-corrected chi connectivity index (χ4v) is 1.37. The standard InChI is InChI=1S/C14H16NO/c1-4-10-15(5-2)11-13-6-8-14(9-7-13)12(3)16/h4-10H,1-2,11H2,3H3/q+1. The number of rotatable bonds is 5. The number of ketones is 1. The Hall–Kier alpha value is -1.96. The second-order valence-corrected chi connectivity index (χ2v) is 3.49. The summed E-state index contributed by atoms with van der Waals surface area (Å²) in [6.45, 7) is 9.65. The van der Waals surface area contributed by atoms with Crippen molar-refractivity contribution in [2.24, 2.45) is 0 Å². The van der Waals surface area contributed by atoms with Gasteiger partial charge in [-0.05, 0) is 19.6 Å². The highest BCUT2D eigenvalue weighted by molar-refractivity contribution is 5.93. The lowest BCUT2D eigenvalue weighted by atomic mass is 10.1. The van der Waals surface area contributed by atoms with Gasteiger partial charge in [-0.2, -0.15) is 0 Å². The van der Waals surface area contributed by atoms with Gasteiger partial charge in [0, 0.05) is 11.1 Å². The SMILES string of the molecule is C=CC=[N+](C=C)Cc1ccc(C(C)=O)cc1. The van der Waals surface area contributed by atoms with E-state index >= 15 is 0 Å². The van der Waals surface area contributed by atoms with Crippen molar-refractivity contribution in [2.75, 3.05) is 0 Å². The van der Waals surface area contributed by atoms with E-state index in [1.54, 1.807) is 19.2 Å². The molecule has 2 heteroatoms. The van der Waals surface area contributed by atoms with Gasteiger partial charge in [-0.3, -0.25) is 4.79 Å². The Bertz CT molecular complexity index is 427. The predicted molar refractivity (Wildman–Crippen MR) is 66.9 cm³/mol. The Balaban J connectivity index is 2.82. The van der Waals surface area contributed by atoms with Crippen LogP contribution in [0.1, 0.15) is 22.8 Å². The Labute approximate surface area is 96.2 Å². The number of nitrogens with zero attached hydrogens (tertiary/aromatic N) is 1. The van der Waals surface area contributed by atoms with Crippen molar-refractivity contribution < 1.29 is 9.37 Å². The minimum Gasteiger partial charge on any atom is -0.295 e. The lowest BCUT2D eigenvalue weighted by Gasteiger charge is -1.99. The molecule has 1 rings (SSSR count). The Morgan fingerprint density at radius 1 is 1.31 bits per heavy atom. The Kier molecular flexibility index (Phi) is 4.40. The van der Waals surface area contributed by atoms with Gasteiger partial charge >= 0.3 is 0 Å². The molecule has 82 valence electrons. The predicted octanol–water partition coefficient (Wildman–Crippen LogP) is 2.80. The third-order valence-electron chi connectivity index (χ3n) is 2.26. The molecule has 0 amide bonds. The summed E-state index contributed by atoms with van der Waals surface area (Å²) in [7, 11) is 0. The van der Waals surface area contributed by atoms with Gasteiger partial charge in [0.25, 0.3) is 0 Å². The molecule has 1 aromatic carbocycles. The molecule has 0 fully saturated rings. The van der Waals surface area contributed by atoms with Crippen molar-refractivity contribution in [1.82, 2.24) is 0 Å². The van der Waals surface area contributed by atoms with Crippen molar-refractivity contribution in [2.45, 2.75) is 13.5 Å². The fourth-order valence-electron chi connectivity index (χ4n) is 1.37. The summed E-state index contributed by atoms with van der Waals surface area (Å²) in [5.74, 6) is 0.0878. The molecule has 0 atom stereocenters. The second-order valence-electron chi connectivity index (χ2n) is 3.49. The van der Waals surface area contributed by atoms with E-state index in [-0.39, 0.29) is 5.78 Å². The summed E-state index contributed by atoms with van der Waals surface area (Å²) < 4.78 is 1.93. The van der Waals surface area contributed by atoms with Crippen LogP contribution in [0.5, 0.6) is 0 Å². The van der Waals surface area contributed by atoms with Gasteiger partial charge in [0.1, 0.15) is 0 Å². The van der Waals surface area contributed by atoms with Gasteiger partial charge in [0.2, 0.25) is 0 Å². The molecule has 0 radical (unpaired) electrons. The fraction of sp³-hybridized carbons (Fsp3) is 0.143. The summed E-state index contributed by atoms with van der Waals surface area (Å²) >= 11 is 0. The van der Waals surface area contributed by atoms with Gasteiger partial charge in [-0.15, -0.1) is 0 Å². The van der Waals surface area contributed by atoms with Crippen molar-refractivity contribution in [3.05, 3.63) is 60.8 Å². The zero-order chi connectivity index (χ0) is 12.0. The zero-order valence-electron chi connectivity index (χ0n) is 9.52. The topological polar surface area (TPSA) is 20.1 Å². The highest BCUT2D eigenvalue weighted by Crippen LogP contribution is 2.06. The smallest absolute Gasteiger partial charge is 0.173 e. The molecule has 0 spiro atoms. The molecule has 0 bridgehead atoms. The normalized spacial score (nSPS) is 10.9. The molecule has 0 aliphatic carbocycles. The molecule has 0 saturated heterocycles. The molecule has 16 heavy (non-hydrogen) atoms. The van der Waals surface area contributed by atoms with Crippen LogP contribution in [0.4, 0.5) is 0 Å². The van der Waals surface area contributed by atoms with Crippen LogP contribution in [0.25, 0.3) is 0 Å². The van der Waals surface area contributed by atoms with Crippen LogP contribution in [-0.4, -0.2) is 16.6 Å². The lowest BCUT2D eigenvalue weighted by molar-refractivity contribution is -0.468. The number of benzene rings is 1. The molecule has 0 aliphatic heterocycles. The van der Waals surface area contributed by atoms with E-state index in [1.807, 2.05) is 35.1 Å². The highest BCUT2D eigenvalue weighted by atomic mass is 16.1. The van der Waals surface area contributed by atoms with Gasteiger partial charge < -0.3 is 0 Å². The molecule has 0 aliphatic rings. The maximum atomic E-state index is 11.1. The van der Waals surface area contributed by atoms with E-state index < -0.39 is 0 Å². The average molecular weight is 214 g/mol. The summed E-state index contributed by atoms with van der Waals surface area (Å²) in [6.07, 6.45) is 5.30. The maximum absolute atomic E-state index is 11.1. The first-order chi connectivity index (χ1) is 7.67. The number of hydrogen-bond acceptors (Lipinski definition) is 1. The average Bonchev–Trinajstić information content (AvgIpc) is 2.29. The summed E-state index contributed by atoms with van der Waals surface area (Å²) in [5.41, 5.74) is 1.87. The zero-order valence-corrected chi connectivity index (χ0v) is 9.52. The Morgan fingerprint density at radius 3 is 2.38 bits per heavy atom. The molecule has 0 saturated carbocycles. The number of allylic oxidation sites excluding steroid dienone is 1. The van der Waals surface area contributed by atoms with Crippen LogP contribution in [0.15, 0.2) is 49.7 Å². The van der Waals surface area contributed by atoms with Gasteiger partial charge in [0.05, 0.1) is 0 Å². The highest BCUT2D eigenvalue weighted by Gasteiger charge is 2.03. The minimum absolute atomic E-state index is 0.0878. The van der Waals surface area contributed by atoms with Crippen LogP contribution in [0, 0.1) is 0 Å². The third kappa shape index (κ3) is 3.31. The van der Waals surface area contributed by atoms with Crippen molar-refractivity contribution in [3.63, 3.8) is 0 Å². The number of carbonyl (C=O) groups excluding carboxylic acids is 1. The third-order valence-corrected chi connectivity index (χ3v) is 2.26. The first-order valence-corrected chi connectivity index (χ1v) is 5.11. The van der Waals surface area contributed by atoms with E-state index in [4.69, 9.17) is 0 Å². The van der Waals surface area contributed by atoms with Crippen LogP contribution in [0.3, 0.4) is 0 Å². The molecule has 2 nitrogen and oxygen atoms in total. The largest absolute Gasteiger partial charge is 0.295 e. The first kappa shape index (κ1) is 12.1.